The van der Waals surface area contributed by atoms with Gasteiger partial charge in [0.15, 0.2) is 0 Å². The van der Waals surface area contributed by atoms with Crippen molar-refractivity contribution in [2.24, 2.45) is 0 Å². The van der Waals surface area contributed by atoms with E-state index >= 15 is 0 Å². The van der Waals surface area contributed by atoms with Crippen molar-refractivity contribution in [2.75, 3.05) is 4.90 Å². The smallest absolute Gasteiger partial charge is 0.143 e. The average molecular weight is 830 g/mol. The fraction of sp³-hybridized carbons (Fsp3) is 0.0159. The third-order valence-corrected chi connectivity index (χ3v) is 13.0. The molecular weight excluding hydrogens is 787 g/mol. The Balaban J connectivity index is 0.950. The van der Waals surface area contributed by atoms with Crippen LogP contribution in [0.5, 0.6) is 0 Å². The summed E-state index contributed by atoms with van der Waals surface area (Å²) >= 11 is 0. The number of fused-ring (bicyclic) bond motifs is 6. The predicted octanol–water partition coefficient (Wildman–Crippen LogP) is 17.6. The molecule has 0 saturated carbocycles. The van der Waals surface area contributed by atoms with Crippen LogP contribution in [0, 0.1) is 0 Å². The topological polar surface area (TPSA) is 16.4 Å². The van der Waals surface area contributed by atoms with Gasteiger partial charge in [-0.3, -0.25) is 0 Å². The Morgan fingerprint density at radius 3 is 1.54 bits per heavy atom. The van der Waals surface area contributed by atoms with Gasteiger partial charge < -0.3 is 9.32 Å². The maximum atomic E-state index is 6.87. The number of anilines is 2. The lowest BCUT2D eigenvalue weighted by molar-refractivity contribution is 0.673. The molecule has 0 unspecified atom stereocenters. The lowest BCUT2D eigenvalue weighted by Gasteiger charge is -2.27. The van der Waals surface area contributed by atoms with Gasteiger partial charge in [-0.15, -0.1) is 0 Å². The first-order valence-electron chi connectivity index (χ1n) is 22.4. The highest BCUT2D eigenvalue weighted by Gasteiger charge is 2.19. The standard InChI is InChI=1S/C63H43NO/c1-3-15-46(16-4-1)56-38-33-51(41-61(56)47-17-5-2-6-18-47)45-30-36-54(37-31-45)64(53-34-28-44(29-35-53)50-27-26-43-14-7-8-20-49(43)40-50)42-52-21-10-11-22-55(52)58-24-13-25-59-60-39-32-48-19-9-12-23-57(48)62(60)65-63(58)59/h1-41H,42H2. The Morgan fingerprint density at radius 2 is 0.800 bits per heavy atom. The van der Waals surface area contributed by atoms with Gasteiger partial charge in [-0.25, -0.2) is 0 Å². The quantitative estimate of drug-likeness (QED) is 0.144. The number of hydrogen-bond donors (Lipinski definition) is 0. The van der Waals surface area contributed by atoms with E-state index in [4.69, 9.17) is 4.42 Å². The van der Waals surface area contributed by atoms with Crippen LogP contribution in [0.2, 0.25) is 0 Å². The van der Waals surface area contributed by atoms with Gasteiger partial charge in [0, 0.05) is 39.6 Å². The highest BCUT2D eigenvalue weighted by molar-refractivity contribution is 6.17. The molecule has 1 aromatic heterocycles. The minimum absolute atomic E-state index is 0.647. The van der Waals surface area contributed by atoms with E-state index in [1.54, 1.807) is 0 Å². The predicted molar refractivity (Wildman–Crippen MR) is 275 cm³/mol. The van der Waals surface area contributed by atoms with Crippen molar-refractivity contribution in [3.63, 3.8) is 0 Å². The van der Waals surface area contributed by atoms with Crippen LogP contribution in [0.25, 0.3) is 99.1 Å². The molecule has 0 atom stereocenters. The van der Waals surface area contributed by atoms with Crippen molar-refractivity contribution in [2.45, 2.75) is 6.54 Å². The van der Waals surface area contributed by atoms with E-state index in [1.807, 2.05) is 0 Å². The van der Waals surface area contributed by atoms with Gasteiger partial charge in [0.25, 0.3) is 0 Å². The van der Waals surface area contributed by atoms with E-state index in [0.717, 1.165) is 49.8 Å². The summed E-state index contributed by atoms with van der Waals surface area (Å²) in [7, 11) is 0. The van der Waals surface area contributed by atoms with Gasteiger partial charge in [0.05, 0.1) is 0 Å². The van der Waals surface area contributed by atoms with Crippen molar-refractivity contribution in [3.8, 4) is 55.6 Å². The fourth-order valence-electron chi connectivity index (χ4n) is 9.65. The second-order valence-corrected chi connectivity index (χ2v) is 16.8. The lowest BCUT2D eigenvalue weighted by Crippen LogP contribution is -2.17. The second-order valence-electron chi connectivity index (χ2n) is 16.8. The van der Waals surface area contributed by atoms with Crippen LogP contribution in [-0.4, -0.2) is 0 Å². The molecule has 2 heteroatoms. The van der Waals surface area contributed by atoms with Crippen molar-refractivity contribution in [3.05, 3.63) is 254 Å². The van der Waals surface area contributed by atoms with Crippen LogP contribution in [0.4, 0.5) is 11.4 Å². The van der Waals surface area contributed by atoms with Crippen LogP contribution in [-0.2, 0) is 6.54 Å². The molecule has 0 fully saturated rings. The van der Waals surface area contributed by atoms with Crippen LogP contribution < -0.4 is 4.90 Å². The van der Waals surface area contributed by atoms with Gasteiger partial charge in [-0.1, -0.05) is 206 Å². The van der Waals surface area contributed by atoms with Gasteiger partial charge in [0.1, 0.15) is 11.2 Å². The first-order chi connectivity index (χ1) is 32.2. The number of benzene rings is 11. The van der Waals surface area contributed by atoms with Crippen LogP contribution in [0.15, 0.2) is 253 Å². The second kappa shape index (κ2) is 16.3. The average Bonchev–Trinajstić information content (AvgIpc) is 3.78. The molecule has 0 N–H and O–H groups in total. The highest BCUT2D eigenvalue weighted by Crippen LogP contribution is 2.42. The number of nitrogens with zero attached hydrogens (tertiary/aromatic N) is 1. The van der Waals surface area contributed by atoms with Crippen molar-refractivity contribution < 1.29 is 4.42 Å². The summed E-state index contributed by atoms with van der Waals surface area (Å²) in [5.74, 6) is 0. The molecule has 0 bridgehead atoms. The zero-order chi connectivity index (χ0) is 43.1. The van der Waals surface area contributed by atoms with Crippen LogP contribution in [0.3, 0.4) is 0 Å². The fourth-order valence-corrected chi connectivity index (χ4v) is 9.65. The van der Waals surface area contributed by atoms with Gasteiger partial charge in [0.2, 0.25) is 0 Å². The third-order valence-electron chi connectivity index (χ3n) is 13.0. The Bertz CT molecular complexity index is 3660. The van der Waals surface area contributed by atoms with Crippen LogP contribution in [0.1, 0.15) is 5.56 Å². The van der Waals surface area contributed by atoms with E-state index in [2.05, 4.69) is 254 Å². The van der Waals surface area contributed by atoms with Gasteiger partial charge in [-0.2, -0.15) is 0 Å². The largest absolute Gasteiger partial charge is 0.455 e. The number of furan rings is 1. The molecule has 12 rings (SSSR count). The SMILES string of the molecule is c1ccc(-c2ccc(-c3ccc(N(Cc4ccccc4-c4cccc5c4oc4c6ccccc6ccc54)c4ccc(-c5ccc6ccccc6c5)cc4)cc3)cc2-c2ccccc2)cc1. The number of hydrogen-bond acceptors (Lipinski definition) is 2. The zero-order valence-electron chi connectivity index (χ0n) is 35.7. The van der Waals surface area contributed by atoms with E-state index in [-0.39, 0.29) is 0 Å². The monoisotopic (exact) mass is 829 g/mol. The van der Waals surface area contributed by atoms with E-state index in [9.17, 15) is 0 Å². The summed E-state index contributed by atoms with van der Waals surface area (Å²) in [6.07, 6.45) is 0. The van der Waals surface area contributed by atoms with E-state index in [0.29, 0.717) is 6.54 Å². The molecule has 11 aromatic carbocycles. The Hall–Kier alpha value is -8.46. The Morgan fingerprint density at radius 1 is 0.277 bits per heavy atom. The molecule has 0 spiro atoms. The first kappa shape index (κ1) is 38.2. The molecule has 306 valence electrons. The molecular formula is C63H43NO. The third kappa shape index (κ3) is 7.12. The molecule has 0 aliphatic rings. The number of rotatable bonds is 9. The highest BCUT2D eigenvalue weighted by atomic mass is 16.3. The maximum absolute atomic E-state index is 6.87. The molecule has 2 nitrogen and oxygen atoms in total. The molecule has 65 heavy (non-hydrogen) atoms. The van der Waals surface area contributed by atoms with Crippen molar-refractivity contribution >= 4 is 54.9 Å². The Labute approximate surface area is 378 Å². The van der Waals surface area contributed by atoms with E-state index in [1.165, 1.54) is 66.2 Å². The molecule has 0 radical (unpaired) electrons. The summed E-state index contributed by atoms with van der Waals surface area (Å²) in [5, 5.41) is 7.06. The molecule has 0 aliphatic carbocycles. The maximum Gasteiger partial charge on any atom is 0.143 e. The normalized spacial score (nSPS) is 11.4. The van der Waals surface area contributed by atoms with E-state index < -0.39 is 0 Å². The van der Waals surface area contributed by atoms with Crippen molar-refractivity contribution in [1.29, 1.82) is 0 Å². The molecule has 12 aromatic rings. The summed E-state index contributed by atoms with van der Waals surface area (Å²) in [6, 6.07) is 89.9. The first-order valence-corrected chi connectivity index (χ1v) is 22.4. The Kier molecular flexibility index (Phi) is 9.61. The molecule has 0 saturated heterocycles. The zero-order valence-corrected chi connectivity index (χ0v) is 35.7. The summed E-state index contributed by atoms with van der Waals surface area (Å²) < 4.78 is 6.87. The van der Waals surface area contributed by atoms with Gasteiger partial charge >= 0.3 is 0 Å². The summed E-state index contributed by atoms with van der Waals surface area (Å²) in [6.45, 7) is 0.647. The molecule has 0 aliphatic heterocycles. The minimum Gasteiger partial charge on any atom is -0.455 e. The molecule has 0 amide bonds. The number of para-hydroxylation sites is 1. The van der Waals surface area contributed by atoms with Crippen molar-refractivity contribution in [1.82, 2.24) is 0 Å². The summed E-state index contributed by atoms with van der Waals surface area (Å²) in [4.78, 5) is 2.44. The lowest BCUT2D eigenvalue weighted by atomic mass is 9.91. The van der Waals surface area contributed by atoms with Crippen LogP contribution >= 0.6 is 0 Å². The van der Waals surface area contributed by atoms with Gasteiger partial charge in [-0.05, 0) is 114 Å². The molecule has 1 heterocycles. The minimum atomic E-state index is 0.647. The summed E-state index contributed by atoms with van der Waals surface area (Å²) in [5.41, 5.74) is 17.1.